The van der Waals surface area contributed by atoms with Crippen molar-refractivity contribution in [1.29, 1.82) is 0 Å². The van der Waals surface area contributed by atoms with E-state index in [1.807, 2.05) is 0 Å². The van der Waals surface area contributed by atoms with Crippen LogP contribution in [0.3, 0.4) is 0 Å². The maximum atomic E-state index is 13.5. The molecule has 1 aliphatic heterocycles. The Balaban J connectivity index is 1.58. The number of nitrogens with one attached hydrogen (secondary N) is 1. The Morgan fingerprint density at radius 2 is 1.90 bits per heavy atom. The van der Waals surface area contributed by atoms with Crippen LogP contribution in [0.4, 0.5) is 23.4 Å². The van der Waals surface area contributed by atoms with E-state index < -0.39 is 48.7 Å². The standard InChI is InChI=1S/C18H17F4N5O4/c19-10-2-1-8(3-9(10)18(20,21)22)4-23-15-12-16(25-6-24-15)27(7-26-12)17-14(30)13(29)11(5-28)31-17/h1-3,6-7,11,13-14,17,28-30H,4-5H2,(H,23,24,25)/t11-,13-,14-,17?/m1/s1. The molecule has 0 bridgehead atoms. The summed E-state index contributed by atoms with van der Waals surface area (Å²) in [7, 11) is 0. The Bertz CT molecular complexity index is 1090. The van der Waals surface area contributed by atoms with E-state index in [2.05, 4.69) is 20.3 Å². The van der Waals surface area contributed by atoms with Gasteiger partial charge in [0.25, 0.3) is 0 Å². The van der Waals surface area contributed by atoms with Gasteiger partial charge in [0.15, 0.2) is 23.2 Å². The molecular formula is C18H17F4N5O4. The Morgan fingerprint density at radius 3 is 2.58 bits per heavy atom. The summed E-state index contributed by atoms with van der Waals surface area (Å²) in [5, 5.41) is 32.2. The number of rotatable bonds is 5. The van der Waals surface area contributed by atoms with E-state index in [-0.39, 0.29) is 29.1 Å². The smallest absolute Gasteiger partial charge is 0.394 e. The van der Waals surface area contributed by atoms with Crippen LogP contribution in [-0.4, -0.2) is 59.8 Å². The number of hydrogen-bond acceptors (Lipinski definition) is 8. The minimum absolute atomic E-state index is 0.101. The van der Waals surface area contributed by atoms with Gasteiger partial charge in [-0.15, -0.1) is 0 Å². The van der Waals surface area contributed by atoms with Crippen molar-refractivity contribution in [3.05, 3.63) is 47.8 Å². The van der Waals surface area contributed by atoms with E-state index in [1.54, 1.807) is 0 Å². The normalized spacial score (nSPS) is 24.1. The lowest BCUT2D eigenvalue weighted by atomic mass is 10.1. The molecule has 4 atom stereocenters. The molecule has 0 radical (unpaired) electrons. The van der Waals surface area contributed by atoms with Crippen molar-refractivity contribution < 1.29 is 37.6 Å². The van der Waals surface area contributed by atoms with Crippen LogP contribution in [-0.2, 0) is 17.5 Å². The summed E-state index contributed by atoms with van der Waals surface area (Å²) in [4.78, 5) is 12.3. The van der Waals surface area contributed by atoms with Crippen LogP contribution in [0.5, 0.6) is 0 Å². The third-order valence-corrected chi connectivity index (χ3v) is 4.95. The third kappa shape index (κ3) is 3.92. The molecule has 1 aromatic carbocycles. The summed E-state index contributed by atoms with van der Waals surface area (Å²) in [6, 6.07) is 2.66. The van der Waals surface area contributed by atoms with E-state index in [0.717, 1.165) is 6.07 Å². The third-order valence-electron chi connectivity index (χ3n) is 4.95. The number of hydrogen-bond donors (Lipinski definition) is 4. The summed E-state index contributed by atoms with van der Waals surface area (Å²) < 4.78 is 59.0. The number of anilines is 1. The van der Waals surface area contributed by atoms with Gasteiger partial charge in [0.2, 0.25) is 0 Å². The zero-order valence-electron chi connectivity index (χ0n) is 15.7. The van der Waals surface area contributed by atoms with Crippen molar-refractivity contribution in [2.24, 2.45) is 0 Å². The molecule has 1 saturated heterocycles. The second-order valence-electron chi connectivity index (χ2n) is 6.94. The maximum absolute atomic E-state index is 13.5. The molecule has 31 heavy (non-hydrogen) atoms. The molecule has 0 amide bonds. The minimum Gasteiger partial charge on any atom is -0.394 e. The largest absolute Gasteiger partial charge is 0.419 e. The molecule has 0 saturated carbocycles. The molecule has 2 aromatic heterocycles. The summed E-state index contributed by atoms with van der Waals surface area (Å²) in [5.41, 5.74) is -0.738. The van der Waals surface area contributed by atoms with Crippen molar-refractivity contribution in [1.82, 2.24) is 19.5 Å². The lowest BCUT2D eigenvalue weighted by molar-refractivity contribution is -0.140. The van der Waals surface area contributed by atoms with Crippen molar-refractivity contribution in [2.75, 3.05) is 11.9 Å². The number of alkyl halides is 3. The van der Waals surface area contributed by atoms with Gasteiger partial charge in [-0.2, -0.15) is 13.2 Å². The number of aromatic nitrogens is 4. The van der Waals surface area contributed by atoms with E-state index in [9.17, 15) is 32.9 Å². The van der Waals surface area contributed by atoms with Gasteiger partial charge in [-0.1, -0.05) is 6.07 Å². The molecule has 4 N–H and O–H groups in total. The van der Waals surface area contributed by atoms with Crippen LogP contribution in [0.25, 0.3) is 11.2 Å². The van der Waals surface area contributed by atoms with Crippen LogP contribution in [0, 0.1) is 5.82 Å². The highest BCUT2D eigenvalue weighted by atomic mass is 19.4. The highest BCUT2D eigenvalue weighted by Gasteiger charge is 2.44. The first kappa shape index (κ1) is 21.4. The fraction of sp³-hybridized carbons (Fsp3) is 0.389. The quantitative estimate of drug-likeness (QED) is 0.434. The van der Waals surface area contributed by atoms with Crippen LogP contribution < -0.4 is 5.32 Å². The number of aliphatic hydroxyl groups is 3. The van der Waals surface area contributed by atoms with Gasteiger partial charge in [-0.25, -0.2) is 19.3 Å². The van der Waals surface area contributed by atoms with Crippen molar-refractivity contribution in [3.8, 4) is 0 Å². The SMILES string of the molecule is OC[C@H]1OC(n2cnc3c(NCc4ccc(F)c(C(F)(F)F)c4)ncnc32)[C@H](O)[C@@H]1O. The zero-order chi connectivity index (χ0) is 22.3. The first-order chi connectivity index (χ1) is 14.7. The van der Waals surface area contributed by atoms with Crippen LogP contribution >= 0.6 is 0 Å². The van der Waals surface area contributed by atoms with E-state index in [1.165, 1.54) is 23.3 Å². The molecule has 166 valence electrons. The first-order valence-corrected chi connectivity index (χ1v) is 9.10. The Hall–Kier alpha value is -2.87. The number of benzene rings is 1. The lowest BCUT2D eigenvalue weighted by Gasteiger charge is -2.16. The predicted molar refractivity (Wildman–Crippen MR) is 97.1 cm³/mol. The van der Waals surface area contributed by atoms with Gasteiger partial charge in [0.05, 0.1) is 18.5 Å². The summed E-state index contributed by atoms with van der Waals surface area (Å²) in [6.45, 7) is -0.600. The molecule has 0 spiro atoms. The molecule has 0 aliphatic carbocycles. The number of nitrogens with zero attached hydrogens (tertiary/aromatic N) is 4. The first-order valence-electron chi connectivity index (χ1n) is 9.10. The molecule has 1 fully saturated rings. The second kappa shape index (κ2) is 8.00. The summed E-state index contributed by atoms with van der Waals surface area (Å²) in [6.07, 6.45) is -7.06. The number of fused-ring (bicyclic) bond motifs is 1. The molecule has 1 unspecified atom stereocenters. The fourth-order valence-corrected chi connectivity index (χ4v) is 3.36. The second-order valence-corrected chi connectivity index (χ2v) is 6.94. The molecular weight excluding hydrogens is 426 g/mol. The number of halogens is 4. The highest BCUT2D eigenvalue weighted by Crippen LogP contribution is 2.33. The van der Waals surface area contributed by atoms with Crippen LogP contribution in [0.2, 0.25) is 0 Å². The Kier molecular flexibility index (Phi) is 5.51. The van der Waals surface area contributed by atoms with Gasteiger partial charge in [-0.05, 0) is 17.7 Å². The fourth-order valence-electron chi connectivity index (χ4n) is 3.36. The average Bonchev–Trinajstić information content (AvgIpc) is 3.28. The molecule has 4 rings (SSSR count). The summed E-state index contributed by atoms with van der Waals surface area (Å²) >= 11 is 0. The van der Waals surface area contributed by atoms with Gasteiger partial charge in [-0.3, -0.25) is 4.57 Å². The van der Waals surface area contributed by atoms with Crippen molar-refractivity contribution >= 4 is 17.0 Å². The number of imidazole rings is 1. The lowest BCUT2D eigenvalue weighted by Crippen LogP contribution is -2.33. The van der Waals surface area contributed by atoms with E-state index >= 15 is 0 Å². The maximum Gasteiger partial charge on any atom is 0.419 e. The van der Waals surface area contributed by atoms with Gasteiger partial charge in [0.1, 0.15) is 30.5 Å². The van der Waals surface area contributed by atoms with E-state index in [0.29, 0.717) is 6.07 Å². The van der Waals surface area contributed by atoms with Crippen molar-refractivity contribution in [3.63, 3.8) is 0 Å². The average molecular weight is 443 g/mol. The predicted octanol–water partition coefficient (Wildman–Crippen LogP) is 1.21. The van der Waals surface area contributed by atoms with Crippen molar-refractivity contribution in [2.45, 2.75) is 37.3 Å². The zero-order valence-corrected chi connectivity index (χ0v) is 15.7. The van der Waals surface area contributed by atoms with Crippen LogP contribution in [0.15, 0.2) is 30.9 Å². The van der Waals surface area contributed by atoms with Gasteiger partial charge < -0.3 is 25.4 Å². The Morgan fingerprint density at radius 1 is 1.13 bits per heavy atom. The summed E-state index contributed by atoms with van der Waals surface area (Å²) in [5.74, 6) is -1.17. The van der Waals surface area contributed by atoms with E-state index in [4.69, 9.17) is 4.74 Å². The van der Waals surface area contributed by atoms with Gasteiger partial charge >= 0.3 is 6.18 Å². The molecule has 3 aromatic rings. The monoisotopic (exact) mass is 443 g/mol. The molecule has 9 nitrogen and oxygen atoms in total. The van der Waals surface area contributed by atoms with Crippen LogP contribution in [0.1, 0.15) is 17.4 Å². The molecule has 3 heterocycles. The molecule has 1 aliphatic rings. The molecule has 13 heteroatoms. The number of aliphatic hydroxyl groups excluding tert-OH is 3. The topological polar surface area (TPSA) is 126 Å². The minimum atomic E-state index is -4.82. The van der Waals surface area contributed by atoms with Gasteiger partial charge in [0, 0.05) is 6.54 Å². The number of ether oxygens (including phenoxy) is 1. The Labute approximate surface area is 172 Å². The highest BCUT2D eigenvalue weighted by molar-refractivity contribution is 5.82.